The number of ether oxygens (including phenoxy) is 2. The number of methoxy groups -OCH3 is 1. The molecule has 1 aromatic rings. The fourth-order valence-electron chi connectivity index (χ4n) is 1.63. The van der Waals surface area contributed by atoms with Crippen molar-refractivity contribution in [2.24, 2.45) is 0 Å². The molecule has 0 radical (unpaired) electrons. The first-order valence-corrected chi connectivity index (χ1v) is 6.73. The molecule has 0 bridgehead atoms. The number of nitrogens with zero attached hydrogens (tertiary/aromatic N) is 1. The molecule has 21 heavy (non-hydrogen) atoms. The van der Waals surface area contributed by atoms with E-state index in [9.17, 15) is 4.79 Å². The van der Waals surface area contributed by atoms with Crippen LogP contribution in [0.25, 0.3) is 6.08 Å². The molecule has 0 saturated carbocycles. The minimum Gasteiger partial charge on any atom is -0.490 e. The van der Waals surface area contributed by atoms with E-state index in [2.05, 4.69) is 5.32 Å². The van der Waals surface area contributed by atoms with Crippen molar-refractivity contribution in [1.29, 1.82) is 5.26 Å². The molecular weight excluding hydrogens is 268 g/mol. The Labute approximate surface area is 125 Å². The lowest BCUT2D eigenvalue weighted by Crippen LogP contribution is -2.27. The zero-order chi connectivity index (χ0) is 15.7. The van der Waals surface area contributed by atoms with Crippen molar-refractivity contribution < 1.29 is 14.3 Å². The first-order chi connectivity index (χ1) is 10.1. The van der Waals surface area contributed by atoms with Crippen LogP contribution in [0.15, 0.2) is 29.8 Å². The average Bonchev–Trinajstić information content (AvgIpc) is 2.45. The molecule has 0 unspecified atom stereocenters. The Balaban J connectivity index is 2.93. The number of nitriles is 1. The summed E-state index contributed by atoms with van der Waals surface area (Å²) >= 11 is 0. The van der Waals surface area contributed by atoms with Crippen molar-refractivity contribution in [2.75, 3.05) is 20.3 Å². The SMILES string of the molecule is COCCNC(=O)/C(C#N)=C\c1ccccc1OC(C)C. The predicted octanol–water partition coefficient (Wildman–Crippen LogP) is 2.14. The van der Waals surface area contributed by atoms with Crippen LogP contribution >= 0.6 is 0 Å². The molecule has 0 saturated heterocycles. The topological polar surface area (TPSA) is 71.3 Å². The molecule has 5 nitrogen and oxygen atoms in total. The zero-order valence-electron chi connectivity index (χ0n) is 12.6. The first-order valence-electron chi connectivity index (χ1n) is 6.73. The Hall–Kier alpha value is -2.32. The molecule has 1 amide bonds. The van der Waals surface area contributed by atoms with Gasteiger partial charge in [-0.05, 0) is 26.0 Å². The molecule has 1 N–H and O–H groups in total. The van der Waals surface area contributed by atoms with Crippen molar-refractivity contribution in [1.82, 2.24) is 5.32 Å². The third-order valence-electron chi connectivity index (χ3n) is 2.54. The number of carbonyl (C=O) groups excluding carboxylic acids is 1. The van der Waals surface area contributed by atoms with Gasteiger partial charge in [0.25, 0.3) is 5.91 Å². The smallest absolute Gasteiger partial charge is 0.262 e. The minimum atomic E-state index is -0.422. The van der Waals surface area contributed by atoms with Gasteiger partial charge in [0.2, 0.25) is 0 Å². The van der Waals surface area contributed by atoms with Crippen LogP contribution in [0.1, 0.15) is 19.4 Å². The van der Waals surface area contributed by atoms with Crippen LogP contribution < -0.4 is 10.1 Å². The van der Waals surface area contributed by atoms with Gasteiger partial charge >= 0.3 is 0 Å². The fraction of sp³-hybridized carbons (Fsp3) is 0.375. The number of nitrogens with one attached hydrogen (secondary N) is 1. The number of hydrogen-bond acceptors (Lipinski definition) is 4. The van der Waals surface area contributed by atoms with Gasteiger partial charge in [0.05, 0.1) is 12.7 Å². The summed E-state index contributed by atoms with van der Waals surface area (Å²) in [6.45, 7) is 4.60. The van der Waals surface area contributed by atoms with Crippen molar-refractivity contribution in [3.05, 3.63) is 35.4 Å². The normalized spacial score (nSPS) is 11.1. The number of amides is 1. The standard InChI is InChI=1S/C16H20N2O3/c1-12(2)21-15-7-5-4-6-13(15)10-14(11-17)16(19)18-8-9-20-3/h4-7,10,12H,8-9H2,1-3H3,(H,18,19)/b14-10-. The van der Waals surface area contributed by atoms with Crippen LogP contribution in [-0.2, 0) is 9.53 Å². The molecule has 0 aliphatic carbocycles. The molecule has 5 heteroatoms. The summed E-state index contributed by atoms with van der Waals surface area (Å²) in [6.07, 6.45) is 1.54. The highest BCUT2D eigenvalue weighted by Crippen LogP contribution is 2.22. The van der Waals surface area contributed by atoms with Crippen LogP contribution in [0.5, 0.6) is 5.75 Å². The number of carbonyl (C=O) groups is 1. The van der Waals surface area contributed by atoms with Crippen LogP contribution in [0.3, 0.4) is 0 Å². The van der Waals surface area contributed by atoms with Crippen LogP contribution in [0, 0.1) is 11.3 Å². The molecule has 0 atom stereocenters. The van der Waals surface area contributed by atoms with Gasteiger partial charge in [-0.1, -0.05) is 18.2 Å². The van der Waals surface area contributed by atoms with E-state index >= 15 is 0 Å². The van der Waals surface area contributed by atoms with Crippen molar-refractivity contribution in [2.45, 2.75) is 20.0 Å². The Morgan fingerprint density at radius 3 is 2.76 bits per heavy atom. The van der Waals surface area contributed by atoms with E-state index in [1.54, 1.807) is 13.2 Å². The summed E-state index contributed by atoms with van der Waals surface area (Å²) in [7, 11) is 1.55. The van der Waals surface area contributed by atoms with E-state index in [1.165, 1.54) is 6.08 Å². The van der Waals surface area contributed by atoms with Crippen molar-refractivity contribution in [3.8, 4) is 11.8 Å². The van der Waals surface area contributed by atoms with Crippen LogP contribution in [0.2, 0.25) is 0 Å². The monoisotopic (exact) mass is 288 g/mol. The highest BCUT2D eigenvalue weighted by molar-refractivity contribution is 6.01. The predicted molar refractivity (Wildman–Crippen MR) is 80.7 cm³/mol. The molecule has 1 aromatic carbocycles. The quantitative estimate of drug-likeness (QED) is 0.474. The second kappa shape index (κ2) is 8.77. The summed E-state index contributed by atoms with van der Waals surface area (Å²) in [4.78, 5) is 11.9. The third kappa shape index (κ3) is 5.67. The number of para-hydroxylation sites is 1. The van der Waals surface area contributed by atoms with E-state index < -0.39 is 5.91 Å². The molecule has 0 heterocycles. The van der Waals surface area contributed by atoms with Gasteiger partial charge in [0.15, 0.2) is 0 Å². The van der Waals surface area contributed by atoms with Gasteiger partial charge < -0.3 is 14.8 Å². The largest absolute Gasteiger partial charge is 0.490 e. The minimum absolute atomic E-state index is 0.0145. The van der Waals surface area contributed by atoms with Gasteiger partial charge in [-0.15, -0.1) is 0 Å². The van der Waals surface area contributed by atoms with Gasteiger partial charge in [-0.2, -0.15) is 5.26 Å². The maximum atomic E-state index is 11.9. The molecule has 1 rings (SSSR count). The van der Waals surface area contributed by atoms with E-state index in [0.29, 0.717) is 24.5 Å². The highest BCUT2D eigenvalue weighted by Gasteiger charge is 2.10. The summed E-state index contributed by atoms with van der Waals surface area (Å²) in [5, 5.41) is 11.8. The Morgan fingerprint density at radius 1 is 1.43 bits per heavy atom. The highest BCUT2D eigenvalue weighted by atomic mass is 16.5. The molecule has 0 spiro atoms. The van der Waals surface area contributed by atoms with Gasteiger partial charge in [0, 0.05) is 19.2 Å². The van der Waals surface area contributed by atoms with E-state index in [1.807, 2.05) is 38.1 Å². The second-order valence-corrected chi connectivity index (χ2v) is 4.62. The molecule has 0 aromatic heterocycles. The Bertz CT molecular complexity index is 545. The third-order valence-corrected chi connectivity index (χ3v) is 2.54. The lowest BCUT2D eigenvalue weighted by Gasteiger charge is -2.12. The number of benzene rings is 1. The maximum absolute atomic E-state index is 11.9. The van der Waals surface area contributed by atoms with Crippen LogP contribution in [-0.4, -0.2) is 32.3 Å². The van der Waals surface area contributed by atoms with Gasteiger partial charge in [-0.3, -0.25) is 4.79 Å². The summed E-state index contributed by atoms with van der Waals surface area (Å²) in [5.41, 5.74) is 0.732. The number of rotatable bonds is 7. The lowest BCUT2D eigenvalue weighted by molar-refractivity contribution is -0.117. The maximum Gasteiger partial charge on any atom is 0.262 e. The van der Waals surface area contributed by atoms with Crippen LogP contribution in [0.4, 0.5) is 0 Å². The average molecular weight is 288 g/mol. The van der Waals surface area contributed by atoms with Crippen molar-refractivity contribution >= 4 is 12.0 Å². The van der Waals surface area contributed by atoms with Crippen molar-refractivity contribution in [3.63, 3.8) is 0 Å². The first kappa shape index (κ1) is 16.7. The molecule has 112 valence electrons. The van der Waals surface area contributed by atoms with E-state index in [-0.39, 0.29) is 11.7 Å². The van der Waals surface area contributed by atoms with Gasteiger partial charge in [-0.25, -0.2) is 0 Å². The summed E-state index contributed by atoms with van der Waals surface area (Å²) in [5.74, 6) is 0.221. The molecular formula is C16H20N2O3. The second-order valence-electron chi connectivity index (χ2n) is 4.62. The summed E-state index contributed by atoms with van der Waals surface area (Å²) in [6, 6.07) is 9.20. The Morgan fingerprint density at radius 2 is 2.14 bits per heavy atom. The summed E-state index contributed by atoms with van der Waals surface area (Å²) < 4.78 is 10.5. The molecule has 0 fully saturated rings. The molecule has 0 aliphatic heterocycles. The zero-order valence-corrected chi connectivity index (χ0v) is 12.6. The van der Waals surface area contributed by atoms with E-state index in [4.69, 9.17) is 14.7 Å². The lowest BCUT2D eigenvalue weighted by atomic mass is 10.1. The van der Waals surface area contributed by atoms with E-state index in [0.717, 1.165) is 0 Å². The van der Waals surface area contributed by atoms with Gasteiger partial charge in [0.1, 0.15) is 17.4 Å². The fourth-order valence-corrected chi connectivity index (χ4v) is 1.63. The Kier molecular flexibility index (Phi) is 6.99. The molecule has 0 aliphatic rings. The number of hydrogen-bond donors (Lipinski definition) is 1.